The Morgan fingerprint density at radius 3 is 2.73 bits per heavy atom. The fraction of sp³-hybridized carbons (Fsp3) is 0.250. The zero-order valence-corrected chi connectivity index (χ0v) is 14.4. The Morgan fingerprint density at radius 2 is 1.96 bits per heavy atom. The molecule has 26 heavy (non-hydrogen) atoms. The van der Waals surface area contributed by atoms with Crippen molar-refractivity contribution in [3.05, 3.63) is 52.9 Å². The number of phenols is 2. The van der Waals surface area contributed by atoms with Crippen LogP contribution in [0.1, 0.15) is 6.92 Å². The predicted octanol–water partition coefficient (Wildman–Crippen LogP) is 2.67. The van der Waals surface area contributed by atoms with Gasteiger partial charge in [0.15, 0.2) is 11.5 Å². The van der Waals surface area contributed by atoms with Crippen LogP contribution >= 0.6 is 0 Å². The molecule has 6 heteroatoms. The van der Waals surface area contributed by atoms with E-state index < -0.39 is 5.63 Å². The Hall–Kier alpha value is -2.99. The molecule has 0 amide bonds. The average Bonchev–Trinajstić information content (AvgIpc) is 2.63. The largest absolute Gasteiger partial charge is 0.504 e. The third kappa shape index (κ3) is 2.99. The van der Waals surface area contributed by atoms with Gasteiger partial charge in [0.25, 0.3) is 0 Å². The second-order valence-corrected chi connectivity index (χ2v) is 6.67. The lowest BCUT2D eigenvalue weighted by atomic mass is 10.1. The molecule has 0 saturated carbocycles. The van der Waals surface area contributed by atoms with Crippen LogP contribution in [0.4, 0.5) is 5.69 Å². The number of nitrogens with one attached hydrogen (secondary N) is 1. The average molecular weight is 352 g/mol. The van der Waals surface area contributed by atoms with Crippen molar-refractivity contribution in [3.8, 4) is 22.8 Å². The van der Waals surface area contributed by atoms with Gasteiger partial charge in [-0.2, -0.15) is 0 Å². The van der Waals surface area contributed by atoms with Gasteiger partial charge in [-0.05, 0) is 48.7 Å². The van der Waals surface area contributed by atoms with Gasteiger partial charge in [-0.3, -0.25) is 0 Å². The number of aromatic hydroxyl groups is 2. The number of phenolic OH excluding ortho intramolecular Hbond substituents is 2. The number of anilines is 1. The molecule has 1 atom stereocenters. The molecule has 3 aromatic rings. The number of fused-ring (bicyclic) bond motifs is 1. The lowest BCUT2D eigenvalue weighted by Crippen LogP contribution is -2.49. The van der Waals surface area contributed by atoms with Crippen LogP contribution in [0, 0.1) is 0 Å². The summed E-state index contributed by atoms with van der Waals surface area (Å²) in [5, 5.41) is 23.8. The second-order valence-electron chi connectivity index (χ2n) is 6.67. The number of hydrogen-bond donors (Lipinski definition) is 3. The van der Waals surface area contributed by atoms with Crippen LogP contribution < -0.4 is 15.8 Å². The number of piperazine rings is 1. The van der Waals surface area contributed by atoms with Gasteiger partial charge in [-0.1, -0.05) is 6.07 Å². The molecule has 1 aliphatic heterocycles. The van der Waals surface area contributed by atoms with E-state index in [1.54, 1.807) is 12.1 Å². The quantitative estimate of drug-likeness (QED) is 0.615. The first-order valence-corrected chi connectivity index (χ1v) is 8.60. The first-order chi connectivity index (χ1) is 12.5. The normalized spacial score (nSPS) is 17.6. The fourth-order valence-electron chi connectivity index (χ4n) is 3.35. The van der Waals surface area contributed by atoms with Crippen molar-refractivity contribution < 1.29 is 14.6 Å². The summed E-state index contributed by atoms with van der Waals surface area (Å²) in [4.78, 5) is 14.8. The van der Waals surface area contributed by atoms with Crippen molar-refractivity contribution in [2.75, 3.05) is 24.5 Å². The van der Waals surface area contributed by atoms with Gasteiger partial charge in [0, 0.05) is 36.9 Å². The predicted molar refractivity (Wildman–Crippen MR) is 101 cm³/mol. The van der Waals surface area contributed by atoms with Crippen LogP contribution in [0.3, 0.4) is 0 Å². The summed E-state index contributed by atoms with van der Waals surface area (Å²) in [6, 6.07) is 12.3. The molecule has 0 spiro atoms. The highest BCUT2D eigenvalue weighted by atomic mass is 16.4. The molecular weight excluding hydrogens is 332 g/mol. The molecular formula is C20H20N2O4. The first-order valence-electron chi connectivity index (χ1n) is 8.60. The zero-order valence-electron chi connectivity index (χ0n) is 14.4. The van der Waals surface area contributed by atoms with Crippen LogP contribution in [0.5, 0.6) is 11.5 Å². The van der Waals surface area contributed by atoms with Gasteiger partial charge in [0.05, 0.1) is 5.39 Å². The number of hydrogen-bond acceptors (Lipinski definition) is 6. The minimum Gasteiger partial charge on any atom is -0.504 e. The van der Waals surface area contributed by atoms with Crippen LogP contribution in [-0.4, -0.2) is 35.9 Å². The van der Waals surface area contributed by atoms with Crippen LogP contribution in [0.15, 0.2) is 51.7 Å². The van der Waals surface area contributed by atoms with Crippen molar-refractivity contribution >= 4 is 16.5 Å². The molecule has 6 nitrogen and oxygen atoms in total. The molecule has 2 heterocycles. The van der Waals surface area contributed by atoms with Crippen molar-refractivity contribution in [3.63, 3.8) is 0 Å². The van der Waals surface area contributed by atoms with Gasteiger partial charge >= 0.3 is 5.63 Å². The SMILES string of the molecule is CC1CN(c2ccc3cc(-c4ccc(O)c(O)c4)oc(=O)c3c2)CCN1. The summed E-state index contributed by atoms with van der Waals surface area (Å²) in [6.07, 6.45) is 0. The topological polar surface area (TPSA) is 85.9 Å². The van der Waals surface area contributed by atoms with Gasteiger partial charge in [-0.15, -0.1) is 0 Å². The van der Waals surface area contributed by atoms with Gasteiger partial charge < -0.3 is 24.8 Å². The molecule has 1 aliphatic rings. The highest BCUT2D eigenvalue weighted by Crippen LogP contribution is 2.31. The highest BCUT2D eigenvalue weighted by molar-refractivity contribution is 5.87. The number of rotatable bonds is 2. The van der Waals surface area contributed by atoms with E-state index in [1.165, 1.54) is 12.1 Å². The van der Waals surface area contributed by atoms with E-state index >= 15 is 0 Å². The monoisotopic (exact) mass is 352 g/mol. The van der Waals surface area contributed by atoms with Crippen molar-refractivity contribution in [2.24, 2.45) is 0 Å². The highest BCUT2D eigenvalue weighted by Gasteiger charge is 2.17. The summed E-state index contributed by atoms with van der Waals surface area (Å²) in [7, 11) is 0. The minimum absolute atomic E-state index is 0.216. The second kappa shape index (κ2) is 6.38. The summed E-state index contributed by atoms with van der Waals surface area (Å²) in [5.74, 6) is -0.124. The van der Waals surface area contributed by atoms with Crippen LogP contribution in [0.25, 0.3) is 22.1 Å². The minimum atomic E-state index is -0.421. The maximum Gasteiger partial charge on any atom is 0.344 e. The van der Waals surface area contributed by atoms with Crippen LogP contribution in [-0.2, 0) is 0 Å². The molecule has 0 bridgehead atoms. The standard InChI is InChI=1S/C20H20N2O4/c1-12-11-22(7-6-21-12)15-4-2-13-9-19(26-20(25)16(13)10-15)14-3-5-17(23)18(24)8-14/h2-5,8-10,12,21,23-24H,6-7,11H2,1H3. The Balaban J connectivity index is 1.75. The van der Waals surface area contributed by atoms with E-state index in [-0.39, 0.29) is 11.5 Å². The number of nitrogens with zero attached hydrogens (tertiary/aromatic N) is 1. The lowest BCUT2D eigenvalue weighted by molar-refractivity contribution is 0.403. The summed E-state index contributed by atoms with van der Waals surface area (Å²) >= 11 is 0. The van der Waals surface area contributed by atoms with Crippen molar-refractivity contribution in [1.82, 2.24) is 5.32 Å². The molecule has 1 saturated heterocycles. The van der Waals surface area contributed by atoms with Gasteiger partial charge in [-0.25, -0.2) is 4.79 Å². The Morgan fingerprint density at radius 1 is 1.12 bits per heavy atom. The van der Waals surface area contributed by atoms with E-state index in [0.29, 0.717) is 22.8 Å². The maximum atomic E-state index is 12.5. The summed E-state index contributed by atoms with van der Waals surface area (Å²) < 4.78 is 5.46. The summed E-state index contributed by atoms with van der Waals surface area (Å²) in [5.41, 5.74) is 1.11. The smallest absolute Gasteiger partial charge is 0.344 e. The molecule has 0 aliphatic carbocycles. The first kappa shape index (κ1) is 16.5. The molecule has 1 unspecified atom stereocenters. The van der Waals surface area contributed by atoms with Crippen molar-refractivity contribution in [1.29, 1.82) is 0 Å². The van der Waals surface area contributed by atoms with E-state index in [1.807, 2.05) is 18.2 Å². The Labute approximate surface area is 150 Å². The molecule has 0 radical (unpaired) electrons. The molecule has 1 aromatic heterocycles. The number of benzene rings is 2. The van der Waals surface area contributed by atoms with Crippen molar-refractivity contribution in [2.45, 2.75) is 13.0 Å². The van der Waals surface area contributed by atoms with E-state index in [9.17, 15) is 15.0 Å². The third-order valence-electron chi connectivity index (χ3n) is 4.74. The molecule has 1 fully saturated rings. The Bertz CT molecular complexity index is 1030. The van der Waals surface area contributed by atoms with E-state index in [0.717, 1.165) is 30.7 Å². The fourth-order valence-corrected chi connectivity index (χ4v) is 3.35. The third-order valence-corrected chi connectivity index (χ3v) is 4.74. The molecule has 3 N–H and O–H groups in total. The van der Waals surface area contributed by atoms with Gasteiger partial charge in [0.1, 0.15) is 5.76 Å². The lowest BCUT2D eigenvalue weighted by Gasteiger charge is -2.33. The van der Waals surface area contributed by atoms with E-state index in [4.69, 9.17) is 4.42 Å². The molecule has 4 rings (SSSR count). The molecule has 2 aromatic carbocycles. The zero-order chi connectivity index (χ0) is 18.3. The van der Waals surface area contributed by atoms with E-state index in [2.05, 4.69) is 17.1 Å². The maximum absolute atomic E-state index is 12.5. The Kier molecular flexibility index (Phi) is 4.05. The summed E-state index contributed by atoms with van der Waals surface area (Å²) in [6.45, 7) is 4.84. The molecule has 134 valence electrons. The van der Waals surface area contributed by atoms with Gasteiger partial charge in [0.2, 0.25) is 0 Å². The van der Waals surface area contributed by atoms with Crippen LogP contribution in [0.2, 0.25) is 0 Å².